The molecule has 1 aliphatic heterocycles. The Morgan fingerprint density at radius 3 is 2.92 bits per heavy atom. The molecule has 8 heteroatoms. The highest BCUT2D eigenvalue weighted by molar-refractivity contribution is 5.94. The van der Waals surface area contributed by atoms with Gasteiger partial charge in [0.05, 0.1) is 12.8 Å². The molecule has 1 aliphatic rings. The van der Waals surface area contributed by atoms with Crippen LogP contribution in [0, 0.1) is 0 Å². The van der Waals surface area contributed by atoms with Crippen LogP contribution in [0.4, 0.5) is 0 Å². The lowest BCUT2D eigenvalue weighted by Crippen LogP contribution is -2.35. The van der Waals surface area contributed by atoms with Gasteiger partial charge >= 0.3 is 0 Å². The van der Waals surface area contributed by atoms with Gasteiger partial charge in [-0.05, 0) is 35.9 Å². The van der Waals surface area contributed by atoms with E-state index in [1.165, 1.54) is 12.4 Å². The Kier molecular flexibility index (Phi) is 4.66. The highest BCUT2D eigenvalue weighted by Gasteiger charge is 2.12. The molecule has 0 saturated carbocycles. The molecule has 1 aromatic heterocycles. The third-order valence-electron chi connectivity index (χ3n) is 3.11. The largest absolute Gasteiger partial charge is 0.454 e. The van der Waals surface area contributed by atoms with Gasteiger partial charge in [-0.25, -0.2) is 5.43 Å². The third-order valence-corrected chi connectivity index (χ3v) is 3.11. The van der Waals surface area contributed by atoms with Crippen molar-refractivity contribution >= 4 is 18.0 Å². The van der Waals surface area contributed by atoms with E-state index in [0.717, 1.165) is 5.56 Å². The monoisotopic (exact) mass is 326 g/mol. The Morgan fingerprint density at radius 2 is 2.08 bits per heavy atom. The van der Waals surface area contributed by atoms with Crippen LogP contribution in [0.1, 0.15) is 16.1 Å². The molecule has 8 nitrogen and oxygen atoms in total. The molecule has 24 heavy (non-hydrogen) atoms. The van der Waals surface area contributed by atoms with Gasteiger partial charge in [-0.1, -0.05) is 6.07 Å². The first-order valence-corrected chi connectivity index (χ1v) is 7.13. The molecule has 3 rings (SSSR count). The first-order chi connectivity index (χ1) is 11.7. The number of carbonyl (C=O) groups excluding carboxylic acids is 2. The summed E-state index contributed by atoms with van der Waals surface area (Å²) in [7, 11) is 0. The van der Waals surface area contributed by atoms with Crippen molar-refractivity contribution in [1.29, 1.82) is 0 Å². The predicted octanol–water partition coefficient (Wildman–Crippen LogP) is 0.690. The molecular formula is C16H14N4O4. The highest BCUT2D eigenvalue weighted by Crippen LogP contribution is 2.31. The molecule has 2 aromatic rings. The number of amides is 2. The summed E-state index contributed by atoms with van der Waals surface area (Å²) in [5.41, 5.74) is 3.32. The lowest BCUT2D eigenvalue weighted by molar-refractivity contribution is -0.120. The van der Waals surface area contributed by atoms with E-state index in [9.17, 15) is 9.59 Å². The number of hydrogen-bond acceptors (Lipinski definition) is 6. The Labute approximate surface area is 137 Å². The zero-order chi connectivity index (χ0) is 16.8. The van der Waals surface area contributed by atoms with E-state index in [1.807, 2.05) is 0 Å². The van der Waals surface area contributed by atoms with Gasteiger partial charge in [0, 0.05) is 6.20 Å². The molecule has 2 heterocycles. The summed E-state index contributed by atoms with van der Waals surface area (Å²) in [5, 5.41) is 6.29. The molecule has 2 amide bonds. The Balaban J connectivity index is 1.46. The van der Waals surface area contributed by atoms with E-state index in [2.05, 4.69) is 20.8 Å². The number of rotatable bonds is 5. The van der Waals surface area contributed by atoms with Crippen molar-refractivity contribution in [2.24, 2.45) is 5.10 Å². The minimum atomic E-state index is -0.448. The number of aromatic nitrogens is 1. The molecule has 0 unspecified atom stereocenters. The SMILES string of the molecule is O=C(CNC(=O)c1ccccn1)NN=Cc1ccc2c(c1)OCO2. The predicted molar refractivity (Wildman–Crippen MR) is 84.9 cm³/mol. The van der Waals surface area contributed by atoms with E-state index in [-0.39, 0.29) is 19.0 Å². The summed E-state index contributed by atoms with van der Waals surface area (Å²) in [6.45, 7) is -0.00345. The average molecular weight is 326 g/mol. The van der Waals surface area contributed by atoms with E-state index in [4.69, 9.17) is 9.47 Å². The minimum Gasteiger partial charge on any atom is -0.454 e. The molecular weight excluding hydrogens is 312 g/mol. The van der Waals surface area contributed by atoms with Gasteiger partial charge in [-0.2, -0.15) is 5.10 Å². The Morgan fingerprint density at radius 1 is 1.21 bits per heavy atom. The number of ether oxygens (including phenoxy) is 2. The minimum absolute atomic E-state index is 0.197. The molecule has 122 valence electrons. The van der Waals surface area contributed by atoms with Crippen molar-refractivity contribution < 1.29 is 19.1 Å². The fourth-order valence-electron chi connectivity index (χ4n) is 1.96. The second-order valence-electron chi connectivity index (χ2n) is 4.80. The molecule has 0 radical (unpaired) electrons. The van der Waals surface area contributed by atoms with E-state index in [1.54, 1.807) is 36.4 Å². The quantitative estimate of drug-likeness (QED) is 0.622. The van der Waals surface area contributed by atoms with Crippen molar-refractivity contribution in [1.82, 2.24) is 15.7 Å². The number of pyridine rings is 1. The lowest BCUT2D eigenvalue weighted by atomic mass is 10.2. The van der Waals surface area contributed by atoms with Crippen molar-refractivity contribution in [3.8, 4) is 11.5 Å². The van der Waals surface area contributed by atoms with Crippen molar-refractivity contribution in [3.05, 3.63) is 53.9 Å². The zero-order valence-electron chi connectivity index (χ0n) is 12.6. The number of benzene rings is 1. The first kappa shape index (κ1) is 15.5. The molecule has 0 saturated heterocycles. The van der Waals surface area contributed by atoms with Crippen LogP contribution in [0.25, 0.3) is 0 Å². The van der Waals surface area contributed by atoms with Crippen molar-refractivity contribution in [3.63, 3.8) is 0 Å². The van der Waals surface area contributed by atoms with Gasteiger partial charge in [-0.15, -0.1) is 0 Å². The van der Waals surface area contributed by atoms with Crippen LogP contribution in [0.15, 0.2) is 47.7 Å². The molecule has 0 atom stereocenters. The standard InChI is InChI=1S/C16H14N4O4/c21-15(9-18-16(22)12-3-1-2-6-17-12)20-19-8-11-4-5-13-14(7-11)24-10-23-13/h1-8H,9-10H2,(H,18,22)(H,20,21). The van der Waals surface area contributed by atoms with Crippen LogP contribution < -0.4 is 20.2 Å². The van der Waals surface area contributed by atoms with Crippen LogP contribution in [-0.4, -0.2) is 36.4 Å². The lowest BCUT2D eigenvalue weighted by Gasteiger charge is -2.03. The van der Waals surface area contributed by atoms with Gasteiger partial charge in [0.15, 0.2) is 11.5 Å². The Bertz CT molecular complexity index is 777. The van der Waals surface area contributed by atoms with Gasteiger partial charge in [0.2, 0.25) is 6.79 Å². The smallest absolute Gasteiger partial charge is 0.270 e. The van der Waals surface area contributed by atoms with Crippen molar-refractivity contribution in [2.75, 3.05) is 13.3 Å². The molecule has 0 bridgehead atoms. The molecule has 0 spiro atoms. The average Bonchev–Trinajstić information content (AvgIpc) is 3.08. The van der Waals surface area contributed by atoms with Crippen LogP contribution in [0.2, 0.25) is 0 Å². The van der Waals surface area contributed by atoms with Crippen molar-refractivity contribution in [2.45, 2.75) is 0 Å². The summed E-state index contributed by atoms with van der Waals surface area (Å²) >= 11 is 0. The summed E-state index contributed by atoms with van der Waals surface area (Å²) in [5.74, 6) is 0.433. The van der Waals surface area contributed by atoms with Gasteiger partial charge < -0.3 is 14.8 Å². The van der Waals surface area contributed by atoms with E-state index < -0.39 is 11.8 Å². The van der Waals surface area contributed by atoms with Gasteiger partial charge in [0.1, 0.15) is 5.69 Å². The third kappa shape index (κ3) is 3.86. The van der Waals surface area contributed by atoms with E-state index >= 15 is 0 Å². The maximum atomic E-state index is 11.7. The number of fused-ring (bicyclic) bond motifs is 1. The van der Waals surface area contributed by atoms with E-state index in [0.29, 0.717) is 11.5 Å². The fourth-order valence-corrected chi connectivity index (χ4v) is 1.96. The number of hydrazone groups is 1. The van der Waals surface area contributed by atoms with Crippen LogP contribution in [0.3, 0.4) is 0 Å². The maximum absolute atomic E-state index is 11.7. The summed E-state index contributed by atoms with van der Waals surface area (Å²) in [4.78, 5) is 27.3. The normalized spacial score (nSPS) is 12.2. The molecule has 0 aliphatic carbocycles. The zero-order valence-corrected chi connectivity index (χ0v) is 12.6. The number of nitrogens with zero attached hydrogens (tertiary/aromatic N) is 2. The first-order valence-electron chi connectivity index (χ1n) is 7.13. The second kappa shape index (κ2) is 7.23. The van der Waals surface area contributed by atoms with Crippen LogP contribution in [0.5, 0.6) is 11.5 Å². The number of hydrogen-bond donors (Lipinski definition) is 2. The van der Waals surface area contributed by atoms with Crippen LogP contribution in [-0.2, 0) is 4.79 Å². The summed E-state index contributed by atoms with van der Waals surface area (Å²) < 4.78 is 10.5. The fraction of sp³-hybridized carbons (Fsp3) is 0.125. The molecule has 0 fully saturated rings. The summed E-state index contributed by atoms with van der Waals surface area (Å²) in [6, 6.07) is 10.3. The summed E-state index contributed by atoms with van der Waals surface area (Å²) in [6.07, 6.45) is 2.98. The Hall–Kier alpha value is -3.42. The number of nitrogens with one attached hydrogen (secondary N) is 2. The number of carbonyl (C=O) groups is 2. The highest BCUT2D eigenvalue weighted by atomic mass is 16.7. The topological polar surface area (TPSA) is 102 Å². The van der Waals surface area contributed by atoms with Gasteiger partial charge in [0.25, 0.3) is 11.8 Å². The second-order valence-corrected chi connectivity index (χ2v) is 4.80. The van der Waals surface area contributed by atoms with Gasteiger partial charge in [-0.3, -0.25) is 14.6 Å². The van der Waals surface area contributed by atoms with Crippen LogP contribution >= 0.6 is 0 Å². The molecule has 1 aromatic carbocycles. The molecule has 2 N–H and O–H groups in total. The maximum Gasteiger partial charge on any atom is 0.270 e.